The Labute approximate surface area is 194 Å². The third-order valence-electron chi connectivity index (χ3n) is 7.03. The Balaban J connectivity index is 1.53. The van der Waals surface area contributed by atoms with Gasteiger partial charge in [-0.3, -0.25) is 4.79 Å². The standard InChI is InChI=1S/C26H40O5Si/c1-9-20-19(16-22-24(20)30-26(5,6)29-22)17-23(27)28-15-14-18-12-10-11-13-21(18)31-32(7,8)25(2,3)4/h9-13,19,22,24H,14-17H2,1-8H3/b20-9+/t19-,22+,24-/m0/s1. The van der Waals surface area contributed by atoms with E-state index in [1.165, 1.54) is 0 Å². The smallest absolute Gasteiger partial charge is 0.306 e. The molecule has 2 fully saturated rings. The van der Waals surface area contributed by atoms with Gasteiger partial charge in [0.1, 0.15) is 11.9 Å². The van der Waals surface area contributed by atoms with Crippen molar-refractivity contribution in [3.05, 3.63) is 41.5 Å². The molecule has 3 rings (SSSR count). The van der Waals surface area contributed by atoms with Crippen molar-refractivity contribution < 1.29 is 23.4 Å². The maximum Gasteiger partial charge on any atom is 0.306 e. The van der Waals surface area contributed by atoms with Gasteiger partial charge in [0.15, 0.2) is 5.79 Å². The lowest BCUT2D eigenvalue weighted by Gasteiger charge is -2.37. The molecular weight excluding hydrogens is 420 g/mol. The van der Waals surface area contributed by atoms with Crippen molar-refractivity contribution in [1.82, 2.24) is 0 Å². The summed E-state index contributed by atoms with van der Waals surface area (Å²) >= 11 is 0. The van der Waals surface area contributed by atoms with Crippen LogP contribution >= 0.6 is 0 Å². The van der Waals surface area contributed by atoms with E-state index < -0.39 is 14.1 Å². The van der Waals surface area contributed by atoms with Crippen LogP contribution in [0, 0.1) is 5.92 Å². The monoisotopic (exact) mass is 460 g/mol. The lowest BCUT2D eigenvalue weighted by molar-refractivity contribution is -0.151. The van der Waals surface area contributed by atoms with Crippen LogP contribution in [0.3, 0.4) is 0 Å². The van der Waals surface area contributed by atoms with Gasteiger partial charge < -0.3 is 18.6 Å². The molecule has 1 aromatic rings. The number of carbonyl (C=O) groups is 1. The summed E-state index contributed by atoms with van der Waals surface area (Å²) in [5.74, 6) is 0.297. The van der Waals surface area contributed by atoms with E-state index in [1.807, 2.05) is 39.0 Å². The van der Waals surface area contributed by atoms with E-state index in [2.05, 4.69) is 46.0 Å². The number of fused-ring (bicyclic) bond motifs is 1. The molecule has 5 nitrogen and oxygen atoms in total. The summed E-state index contributed by atoms with van der Waals surface area (Å²) in [6.45, 7) is 17.4. The van der Waals surface area contributed by atoms with Gasteiger partial charge >= 0.3 is 5.97 Å². The number of hydrogen-bond donors (Lipinski definition) is 0. The highest BCUT2D eigenvalue weighted by atomic mass is 28.4. The van der Waals surface area contributed by atoms with Gasteiger partial charge in [0, 0.05) is 6.42 Å². The van der Waals surface area contributed by atoms with Crippen LogP contribution in [-0.4, -0.2) is 38.9 Å². The minimum atomic E-state index is -1.93. The Morgan fingerprint density at radius 3 is 2.56 bits per heavy atom. The van der Waals surface area contributed by atoms with Crippen molar-refractivity contribution in [2.24, 2.45) is 5.92 Å². The van der Waals surface area contributed by atoms with E-state index in [4.69, 9.17) is 18.6 Å². The fourth-order valence-corrected chi connectivity index (χ4v) is 5.37. The average molecular weight is 461 g/mol. The van der Waals surface area contributed by atoms with Gasteiger partial charge in [-0.15, -0.1) is 0 Å². The topological polar surface area (TPSA) is 54.0 Å². The van der Waals surface area contributed by atoms with Gasteiger partial charge in [-0.25, -0.2) is 0 Å². The molecule has 1 aromatic carbocycles. The van der Waals surface area contributed by atoms with Crippen molar-refractivity contribution in [2.75, 3.05) is 6.61 Å². The van der Waals surface area contributed by atoms with Crippen LogP contribution in [-0.2, 0) is 25.4 Å². The molecule has 0 unspecified atom stereocenters. The van der Waals surface area contributed by atoms with E-state index in [-0.39, 0.29) is 29.1 Å². The number of para-hydroxylation sites is 1. The van der Waals surface area contributed by atoms with Gasteiger partial charge in [0.25, 0.3) is 0 Å². The van der Waals surface area contributed by atoms with Crippen LogP contribution < -0.4 is 4.43 Å². The highest BCUT2D eigenvalue weighted by molar-refractivity contribution is 6.74. The second kappa shape index (κ2) is 9.32. The maximum absolute atomic E-state index is 12.6. The molecule has 0 N–H and O–H groups in total. The van der Waals surface area contributed by atoms with Crippen LogP contribution in [0.15, 0.2) is 35.9 Å². The van der Waals surface area contributed by atoms with Crippen LogP contribution in [0.25, 0.3) is 0 Å². The first-order valence-corrected chi connectivity index (χ1v) is 14.7. The molecule has 1 aliphatic carbocycles. The number of ether oxygens (including phenoxy) is 3. The lowest BCUT2D eigenvalue weighted by Crippen LogP contribution is -2.44. The molecule has 0 amide bonds. The summed E-state index contributed by atoms with van der Waals surface area (Å²) in [5.41, 5.74) is 2.24. The minimum absolute atomic E-state index is 0.0216. The van der Waals surface area contributed by atoms with E-state index in [0.29, 0.717) is 19.4 Å². The first-order valence-electron chi connectivity index (χ1n) is 11.8. The zero-order chi connectivity index (χ0) is 23.7. The van der Waals surface area contributed by atoms with Crippen molar-refractivity contribution in [3.63, 3.8) is 0 Å². The van der Waals surface area contributed by atoms with E-state index in [0.717, 1.165) is 23.3 Å². The molecule has 1 saturated carbocycles. The number of benzene rings is 1. The molecule has 0 spiro atoms. The second-order valence-corrected chi connectivity index (χ2v) is 15.7. The summed E-state index contributed by atoms with van der Waals surface area (Å²) in [5, 5.41) is 0.124. The van der Waals surface area contributed by atoms with Gasteiger partial charge in [0.05, 0.1) is 19.1 Å². The zero-order valence-corrected chi connectivity index (χ0v) is 22.0. The molecule has 1 heterocycles. The predicted molar refractivity (Wildman–Crippen MR) is 129 cm³/mol. The van der Waals surface area contributed by atoms with Crippen LogP contribution in [0.4, 0.5) is 0 Å². The van der Waals surface area contributed by atoms with Crippen molar-refractivity contribution in [1.29, 1.82) is 0 Å². The Morgan fingerprint density at radius 1 is 1.22 bits per heavy atom. The van der Waals surface area contributed by atoms with Crippen LogP contribution in [0.2, 0.25) is 18.1 Å². The van der Waals surface area contributed by atoms with E-state index in [9.17, 15) is 4.79 Å². The molecule has 32 heavy (non-hydrogen) atoms. The minimum Gasteiger partial charge on any atom is -0.543 e. The number of carbonyl (C=O) groups excluding carboxylic acids is 1. The summed E-state index contributed by atoms with van der Waals surface area (Å²) in [4.78, 5) is 12.6. The van der Waals surface area contributed by atoms with Crippen LogP contribution in [0.5, 0.6) is 5.75 Å². The normalized spacial score (nSPS) is 26.2. The van der Waals surface area contributed by atoms with Crippen LogP contribution in [0.1, 0.15) is 59.9 Å². The molecule has 178 valence electrons. The maximum atomic E-state index is 12.6. The summed E-state index contributed by atoms with van der Waals surface area (Å²) < 4.78 is 24.2. The molecule has 0 bridgehead atoms. The zero-order valence-electron chi connectivity index (χ0n) is 21.0. The quantitative estimate of drug-likeness (QED) is 0.282. The van der Waals surface area contributed by atoms with E-state index >= 15 is 0 Å². The largest absolute Gasteiger partial charge is 0.543 e. The SMILES string of the molecule is C/C=C1\[C@H](CC(=O)OCCc2ccccc2O[Si](C)(C)C(C)(C)C)C[C@H]2OC(C)(C)O[C@@H]12. The molecule has 1 aliphatic heterocycles. The van der Waals surface area contributed by atoms with Crippen molar-refractivity contribution in [2.45, 2.75) is 96.9 Å². The summed E-state index contributed by atoms with van der Waals surface area (Å²) in [6, 6.07) is 8.09. The highest BCUT2D eigenvalue weighted by Crippen LogP contribution is 2.45. The molecule has 0 aromatic heterocycles. The summed E-state index contributed by atoms with van der Waals surface area (Å²) in [7, 11) is -1.93. The lowest BCUT2D eigenvalue weighted by atomic mass is 9.98. The Morgan fingerprint density at radius 2 is 1.91 bits per heavy atom. The second-order valence-electron chi connectivity index (χ2n) is 11.0. The van der Waals surface area contributed by atoms with Gasteiger partial charge in [-0.2, -0.15) is 0 Å². The molecule has 0 radical (unpaired) electrons. The van der Waals surface area contributed by atoms with Crippen molar-refractivity contribution >= 4 is 14.3 Å². The first kappa shape index (κ1) is 25.0. The molecule has 1 saturated heterocycles. The van der Waals surface area contributed by atoms with Gasteiger partial charge in [-0.05, 0) is 68.4 Å². The Bertz CT molecular complexity index is 852. The highest BCUT2D eigenvalue weighted by Gasteiger charge is 2.50. The fraction of sp³-hybridized carbons (Fsp3) is 0.654. The van der Waals surface area contributed by atoms with Crippen molar-refractivity contribution in [3.8, 4) is 5.75 Å². The van der Waals surface area contributed by atoms with E-state index in [1.54, 1.807) is 0 Å². The third kappa shape index (κ3) is 5.64. The fourth-order valence-electron chi connectivity index (χ4n) is 4.31. The van der Waals surface area contributed by atoms with Gasteiger partial charge in [0.2, 0.25) is 8.32 Å². The number of rotatable bonds is 7. The number of allylic oxidation sites excluding steroid dienone is 1. The molecule has 6 heteroatoms. The average Bonchev–Trinajstić information content (AvgIpc) is 3.12. The third-order valence-corrected chi connectivity index (χ3v) is 11.4. The molecule has 3 atom stereocenters. The Hall–Kier alpha value is -1.63. The summed E-state index contributed by atoms with van der Waals surface area (Å²) in [6.07, 6.45) is 3.85. The molecule has 2 aliphatic rings. The van der Waals surface area contributed by atoms with Gasteiger partial charge in [-0.1, -0.05) is 45.0 Å². The molecular formula is C26H40O5Si. The predicted octanol–water partition coefficient (Wildman–Crippen LogP) is 6.03. The number of hydrogen-bond acceptors (Lipinski definition) is 5. The first-order chi connectivity index (χ1) is 14.8. The Kier molecular flexibility index (Phi) is 7.28. The number of esters is 1.